The standard InChI is InChI=1S/C29H24F3N3O3/c30-29(31,32)22-9-5-11-25(17-22)35-28(37)21-8-4-10-24(16-21)34-27(36)18-33-23-12-14-26(15-13-23)38-19-20-6-2-1-3-7-20/h1-17,33H,18-19H2,(H,34,36)(H,35,37). The van der Waals surface area contributed by atoms with E-state index in [1.54, 1.807) is 36.4 Å². The van der Waals surface area contributed by atoms with Crippen molar-refractivity contribution in [2.75, 3.05) is 22.5 Å². The Morgan fingerprint density at radius 3 is 2.11 bits per heavy atom. The van der Waals surface area contributed by atoms with Crippen LogP contribution in [-0.4, -0.2) is 18.4 Å². The minimum atomic E-state index is -4.52. The van der Waals surface area contributed by atoms with Crippen molar-refractivity contribution in [1.29, 1.82) is 0 Å². The minimum absolute atomic E-state index is 0.0138. The SMILES string of the molecule is O=C(CNc1ccc(OCc2ccccc2)cc1)Nc1cccc(C(=O)Nc2cccc(C(F)(F)F)c2)c1. The van der Waals surface area contributed by atoms with Gasteiger partial charge in [-0.15, -0.1) is 0 Å². The summed E-state index contributed by atoms with van der Waals surface area (Å²) in [4.78, 5) is 25.0. The maximum Gasteiger partial charge on any atom is 0.416 e. The molecule has 0 fully saturated rings. The number of halogens is 3. The Bertz CT molecular complexity index is 1390. The Morgan fingerprint density at radius 1 is 0.711 bits per heavy atom. The van der Waals surface area contributed by atoms with Gasteiger partial charge in [-0.3, -0.25) is 9.59 Å². The molecule has 194 valence electrons. The van der Waals surface area contributed by atoms with Gasteiger partial charge in [0.05, 0.1) is 12.1 Å². The molecule has 0 unspecified atom stereocenters. The predicted molar refractivity (Wildman–Crippen MR) is 140 cm³/mol. The molecule has 0 saturated heterocycles. The largest absolute Gasteiger partial charge is 0.489 e. The van der Waals surface area contributed by atoms with Gasteiger partial charge in [-0.1, -0.05) is 42.5 Å². The molecule has 6 nitrogen and oxygen atoms in total. The van der Waals surface area contributed by atoms with E-state index in [2.05, 4.69) is 16.0 Å². The first-order valence-electron chi connectivity index (χ1n) is 11.7. The number of anilines is 3. The summed E-state index contributed by atoms with van der Waals surface area (Å²) >= 11 is 0. The Kier molecular flexibility index (Phi) is 8.27. The van der Waals surface area contributed by atoms with Crippen molar-refractivity contribution in [2.45, 2.75) is 12.8 Å². The first-order valence-corrected chi connectivity index (χ1v) is 11.7. The third kappa shape index (κ3) is 7.60. The number of carbonyl (C=O) groups is 2. The van der Waals surface area contributed by atoms with Crippen molar-refractivity contribution < 1.29 is 27.5 Å². The highest BCUT2D eigenvalue weighted by Crippen LogP contribution is 2.30. The maximum atomic E-state index is 12.9. The summed E-state index contributed by atoms with van der Waals surface area (Å²) in [5.41, 5.74) is 1.49. The number of benzene rings is 4. The van der Waals surface area contributed by atoms with Crippen LogP contribution in [0.1, 0.15) is 21.5 Å². The molecule has 0 saturated carbocycles. The summed E-state index contributed by atoms with van der Waals surface area (Å²) in [6.45, 7) is 0.429. The zero-order valence-corrected chi connectivity index (χ0v) is 20.1. The van der Waals surface area contributed by atoms with E-state index in [1.807, 2.05) is 30.3 Å². The van der Waals surface area contributed by atoms with E-state index >= 15 is 0 Å². The van der Waals surface area contributed by atoms with Crippen molar-refractivity contribution >= 4 is 28.9 Å². The molecule has 0 bridgehead atoms. The van der Waals surface area contributed by atoms with Gasteiger partial charge < -0.3 is 20.7 Å². The average molecular weight is 520 g/mol. The van der Waals surface area contributed by atoms with Gasteiger partial charge in [0.15, 0.2) is 0 Å². The van der Waals surface area contributed by atoms with E-state index in [-0.39, 0.29) is 23.7 Å². The molecule has 0 heterocycles. The molecule has 2 amide bonds. The molecule has 0 aromatic heterocycles. The molecule has 4 aromatic rings. The first-order chi connectivity index (χ1) is 18.3. The molecule has 4 rings (SSSR count). The van der Waals surface area contributed by atoms with Gasteiger partial charge in [-0.05, 0) is 66.2 Å². The fraction of sp³-hybridized carbons (Fsp3) is 0.103. The number of ether oxygens (including phenoxy) is 1. The van der Waals surface area contributed by atoms with Gasteiger partial charge in [-0.25, -0.2) is 0 Å². The quantitative estimate of drug-likeness (QED) is 0.233. The van der Waals surface area contributed by atoms with Gasteiger partial charge in [-0.2, -0.15) is 13.2 Å². The molecule has 4 aromatic carbocycles. The lowest BCUT2D eigenvalue weighted by molar-refractivity contribution is -0.137. The highest BCUT2D eigenvalue weighted by atomic mass is 19.4. The molecular weight excluding hydrogens is 495 g/mol. The summed E-state index contributed by atoms with van der Waals surface area (Å²) in [5.74, 6) is -0.248. The lowest BCUT2D eigenvalue weighted by atomic mass is 10.1. The van der Waals surface area contributed by atoms with Crippen LogP contribution in [0.2, 0.25) is 0 Å². The number of alkyl halides is 3. The number of hydrogen-bond donors (Lipinski definition) is 3. The molecule has 0 radical (unpaired) electrons. The lowest BCUT2D eigenvalue weighted by Crippen LogP contribution is -2.22. The van der Waals surface area contributed by atoms with E-state index < -0.39 is 17.6 Å². The van der Waals surface area contributed by atoms with Crippen molar-refractivity contribution in [3.63, 3.8) is 0 Å². The fourth-order valence-corrected chi connectivity index (χ4v) is 3.51. The summed E-state index contributed by atoms with van der Waals surface area (Å²) in [6.07, 6.45) is -4.52. The van der Waals surface area contributed by atoms with Crippen LogP contribution < -0.4 is 20.7 Å². The number of amides is 2. The Hall–Kier alpha value is -4.79. The van der Waals surface area contributed by atoms with Crippen LogP contribution in [0, 0.1) is 0 Å². The smallest absolute Gasteiger partial charge is 0.416 e. The van der Waals surface area contributed by atoms with Gasteiger partial charge in [0.2, 0.25) is 5.91 Å². The number of carbonyl (C=O) groups excluding carboxylic acids is 2. The zero-order valence-electron chi connectivity index (χ0n) is 20.1. The van der Waals surface area contributed by atoms with Gasteiger partial charge in [0.1, 0.15) is 12.4 Å². The Balaban J connectivity index is 1.27. The number of hydrogen-bond acceptors (Lipinski definition) is 4. The van der Waals surface area contributed by atoms with Crippen molar-refractivity contribution in [3.8, 4) is 5.75 Å². The highest BCUT2D eigenvalue weighted by Gasteiger charge is 2.30. The van der Waals surface area contributed by atoms with Crippen LogP contribution in [0.5, 0.6) is 5.75 Å². The van der Waals surface area contributed by atoms with E-state index in [9.17, 15) is 22.8 Å². The second-order valence-corrected chi connectivity index (χ2v) is 8.31. The monoisotopic (exact) mass is 519 g/mol. The molecule has 38 heavy (non-hydrogen) atoms. The second kappa shape index (κ2) is 12.0. The number of nitrogens with one attached hydrogen (secondary N) is 3. The van der Waals surface area contributed by atoms with Crippen molar-refractivity contribution in [1.82, 2.24) is 0 Å². The minimum Gasteiger partial charge on any atom is -0.489 e. The van der Waals surface area contributed by atoms with Gasteiger partial charge >= 0.3 is 6.18 Å². The van der Waals surface area contributed by atoms with Crippen LogP contribution in [0.25, 0.3) is 0 Å². The lowest BCUT2D eigenvalue weighted by Gasteiger charge is -2.11. The normalized spacial score (nSPS) is 10.9. The molecule has 0 atom stereocenters. The van der Waals surface area contributed by atoms with Crippen LogP contribution >= 0.6 is 0 Å². The van der Waals surface area contributed by atoms with Crippen molar-refractivity contribution in [3.05, 3.63) is 120 Å². The summed E-state index contributed by atoms with van der Waals surface area (Å²) < 4.78 is 44.5. The van der Waals surface area contributed by atoms with E-state index in [0.717, 1.165) is 23.4 Å². The average Bonchev–Trinajstić information content (AvgIpc) is 2.92. The van der Waals surface area contributed by atoms with Crippen LogP contribution in [0.4, 0.5) is 30.2 Å². The summed E-state index contributed by atoms with van der Waals surface area (Å²) in [5, 5.41) is 8.16. The topological polar surface area (TPSA) is 79.5 Å². The van der Waals surface area contributed by atoms with E-state index in [1.165, 1.54) is 24.3 Å². The van der Waals surface area contributed by atoms with Crippen LogP contribution in [-0.2, 0) is 17.6 Å². The number of rotatable bonds is 9. The first kappa shape index (κ1) is 26.3. The fourth-order valence-electron chi connectivity index (χ4n) is 3.51. The molecule has 0 spiro atoms. The summed E-state index contributed by atoms with van der Waals surface area (Å²) in [7, 11) is 0. The zero-order chi connectivity index (χ0) is 27.0. The molecule has 0 aliphatic heterocycles. The third-order valence-electron chi connectivity index (χ3n) is 5.41. The Labute approximate surface area is 217 Å². The second-order valence-electron chi connectivity index (χ2n) is 8.31. The van der Waals surface area contributed by atoms with E-state index in [0.29, 0.717) is 18.0 Å². The molecule has 0 aliphatic carbocycles. The molecule has 3 N–H and O–H groups in total. The van der Waals surface area contributed by atoms with Crippen LogP contribution in [0.15, 0.2) is 103 Å². The van der Waals surface area contributed by atoms with Gasteiger partial charge in [0.25, 0.3) is 5.91 Å². The van der Waals surface area contributed by atoms with E-state index in [4.69, 9.17) is 4.74 Å². The predicted octanol–water partition coefficient (Wildman–Crippen LogP) is 6.59. The molecular formula is C29H24F3N3O3. The highest BCUT2D eigenvalue weighted by molar-refractivity contribution is 6.05. The molecule has 9 heteroatoms. The maximum absolute atomic E-state index is 12.9. The third-order valence-corrected chi connectivity index (χ3v) is 5.41. The molecule has 0 aliphatic rings. The van der Waals surface area contributed by atoms with Crippen LogP contribution in [0.3, 0.4) is 0 Å². The Morgan fingerprint density at radius 2 is 1.39 bits per heavy atom. The van der Waals surface area contributed by atoms with Gasteiger partial charge in [0, 0.05) is 22.6 Å². The van der Waals surface area contributed by atoms with Crippen molar-refractivity contribution in [2.24, 2.45) is 0 Å². The summed E-state index contributed by atoms with van der Waals surface area (Å²) in [6, 6.07) is 27.5.